The zero-order valence-corrected chi connectivity index (χ0v) is 10.1. The predicted molar refractivity (Wildman–Crippen MR) is 65.5 cm³/mol. The molecule has 0 unspecified atom stereocenters. The summed E-state index contributed by atoms with van der Waals surface area (Å²) in [7, 11) is 0. The fraction of sp³-hybridized carbons (Fsp3) is 0.100. The molecule has 0 bridgehead atoms. The highest BCUT2D eigenvalue weighted by atomic mass is 127. The predicted octanol–water partition coefficient (Wildman–Crippen LogP) is 3.28. The van der Waals surface area contributed by atoms with Crippen molar-refractivity contribution >= 4 is 44.0 Å². The number of nitrogens with zero attached hydrogens (tertiary/aromatic N) is 1. The number of rotatable bonds is 1. The first-order valence-electron chi connectivity index (χ1n) is 4.00. The molecule has 0 saturated carbocycles. The lowest BCUT2D eigenvalue weighted by Crippen LogP contribution is -1.81. The largest absolute Gasteiger partial charge is 0.505 e. The van der Waals surface area contributed by atoms with Crippen molar-refractivity contribution in [3.63, 3.8) is 0 Å². The minimum absolute atomic E-state index is 0.316. The Balaban J connectivity index is 2.79. The van der Waals surface area contributed by atoms with Crippen LogP contribution in [0.5, 0.6) is 5.75 Å². The minimum atomic E-state index is 0.316. The monoisotopic (exact) mass is 315 g/mol. The summed E-state index contributed by atoms with van der Waals surface area (Å²) in [5.41, 5.74) is 0.904. The van der Waals surface area contributed by atoms with Crippen LogP contribution in [0.2, 0.25) is 0 Å². The average molecular weight is 315 g/mol. The van der Waals surface area contributed by atoms with E-state index in [1.807, 2.05) is 18.2 Å². The molecule has 1 N–H and O–H groups in total. The van der Waals surface area contributed by atoms with Crippen LogP contribution < -0.4 is 0 Å². The van der Waals surface area contributed by atoms with Gasteiger partial charge >= 0.3 is 0 Å². The first-order valence-corrected chi connectivity index (χ1v) is 5.89. The molecule has 0 saturated heterocycles. The highest BCUT2D eigenvalue weighted by molar-refractivity contribution is 14.1. The Bertz CT molecular complexity index is 527. The van der Waals surface area contributed by atoms with Crippen LogP contribution in [0.15, 0.2) is 18.2 Å². The topological polar surface area (TPSA) is 44.0 Å². The summed E-state index contributed by atoms with van der Waals surface area (Å²) in [6, 6.07) is 7.87. The Hall–Kier alpha value is -0.800. The number of aromatic hydroxyl groups is 1. The Morgan fingerprint density at radius 1 is 1.50 bits per heavy atom. The third-order valence-electron chi connectivity index (χ3n) is 2.00. The van der Waals surface area contributed by atoms with Crippen LogP contribution in [0, 0.1) is 14.2 Å². The zero-order valence-electron chi connectivity index (χ0n) is 7.12. The number of hydrogen-bond acceptors (Lipinski definition) is 3. The zero-order chi connectivity index (χ0) is 10.1. The molecular formula is C10H6INOS. The summed E-state index contributed by atoms with van der Waals surface area (Å²) < 4.78 is 1.92. The van der Waals surface area contributed by atoms with Crippen molar-refractivity contribution in [3.8, 4) is 11.8 Å². The smallest absolute Gasteiger partial charge is 0.147 e. The fourth-order valence-corrected chi connectivity index (χ4v) is 3.26. The second kappa shape index (κ2) is 3.75. The van der Waals surface area contributed by atoms with Crippen LogP contribution >= 0.6 is 33.9 Å². The molecule has 0 atom stereocenters. The number of hydrogen-bond donors (Lipinski definition) is 1. The lowest BCUT2D eigenvalue weighted by molar-refractivity contribution is 0.480. The van der Waals surface area contributed by atoms with Gasteiger partial charge < -0.3 is 5.11 Å². The standard InChI is InChI=1S/C10H6INOS/c11-10-9(13)8-6(4-5-12)2-1-3-7(8)14-10/h1-3,13H,4H2. The van der Waals surface area contributed by atoms with E-state index in [4.69, 9.17) is 5.26 Å². The van der Waals surface area contributed by atoms with Gasteiger partial charge in [0.15, 0.2) is 0 Å². The van der Waals surface area contributed by atoms with Gasteiger partial charge in [0.05, 0.1) is 12.5 Å². The molecule has 0 spiro atoms. The van der Waals surface area contributed by atoms with Crippen LogP contribution in [0.1, 0.15) is 5.56 Å². The van der Waals surface area contributed by atoms with Crippen molar-refractivity contribution < 1.29 is 5.11 Å². The van der Waals surface area contributed by atoms with E-state index in [1.165, 1.54) is 0 Å². The van der Waals surface area contributed by atoms with Crippen LogP contribution in [0.25, 0.3) is 10.1 Å². The molecule has 1 aromatic carbocycles. The van der Waals surface area contributed by atoms with Gasteiger partial charge in [0.2, 0.25) is 0 Å². The highest BCUT2D eigenvalue weighted by Crippen LogP contribution is 2.39. The Morgan fingerprint density at radius 3 is 3.00 bits per heavy atom. The lowest BCUT2D eigenvalue weighted by atomic mass is 10.1. The van der Waals surface area contributed by atoms with E-state index in [1.54, 1.807) is 11.3 Å². The molecule has 1 aromatic heterocycles. The number of benzene rings is 1. The van der Waals surface area contributed by atoms with Gasteiger partial charge in [-0.2, -0.15) is 5.26 Å². The SMILES string of the molecule is N#CCc1cccc2sc(I)c(O)c12. The highest BCUT2D eigenvalue weighted by Gasteiger charge is 2.11. The lowest BCUT2D eigenvalue weighted by Gasteiger charge is -1.97. The number of halogens is 1. The summed E-state index contributed by atoms with van der Waals surface area (Å²) in [6.45, 7) is 0. The molecule has 0 radical (unpaired) electrons. The molecule has 14 heavy (non-hydrogen) atoms. The van der Waals surface area contributed by atoms with Crippen LogP contribution in [-0.4, -0.2) is 5.11 Å². The second-order valence-electron chi connectivity index (χ2n) is 2.85. The van der Waals surface area contributed by atoms with Crippen LogP contribution in [-0.2, 0) is 6.42 Å². The van der Waals surface area contributed by atoms with Gasteiger partial charge in [-0.3, -0.25) is 0 Å². The van der Waals surface area contributed by atoms with E-state index in [9.17, 15) is 5.11 Å². The molecule has 2 aromatic rings. The van der Waals surface area contributed by atoms with Crippen molar-refractivity contribution in [3.05, 3.63) is 26.6 Å². The summed E-state index contributed by atoms with van der Waals surface area (Å²) in [5, 5.41) is 19.3. The molecule has 0 aliphatic heterocycles. The van der Waals surface area contributed by atoms with E-state index in [0.717, 1.165) is 18.5 Å². The van der Waals surface area contributed by atoms with Crippen LogP contribution in [0.3, 0.4) is 0 Å². The maximum atomic E-state index is 9.80. The Morgan fingerprint density at radius 2 is 2.29 bits per heavy atom. The molecular weight excluding hydrogens is 309 g/mol. The van der Waals surface area contributed by atoms with Crippen molar-refractivity contribution in [2.24, 2.45) is 0 Å². The summed E-state index contributed by atoms with van der Waals surface area (Å²) >= 11 is 3.65. The van der Waals surface area contributed by atoms with Gasteiger partial charge in [-0.05, 0) is 34.2 Å². The summed E-state index contributed by atoms with van der Waals surface area (Å²) in [5.74, 6) is 0.316. The Labute approximate surface area is 98.9 Å². The van der Waals surface area contributed by atoms with Gasteiger partial charge in [-0.1, -0.05) is 12.1 Å². The summed E-state index contributed by atoms with van der Waals surface area (Å²) in [6.07, 6.45) is 0.345. The molecule has 0 fully saturated rings. The van der Waals surface area contributed by atoms with Crippen molar-refractivity contribution in [1.82, 2.24) is 0 Å². The third-order valence-corrected chi connectivity index (χ3v) is 4.11. The number of thiophene rings is 1. The van der Waals surface area contributed by atoms with Gasteiger partial charge in [0.1, 0.15) is 8.63 Å². The molecule has 2 nitrogen and oxygen atoms in total. The first kappa shape index (κ1) is 9.74. The molecule has 4 heteroatoms. The molecule has 2 rings (SSSR count). The van der Waals surface area contributed by atoms with E-state index < -0.39 is 0 Å². The van der Waals surface area contributed by atoms with E-state index >= 15 is 0 Å². The quantitative estimate of drug-likeness (QED) is 0.821. The van der Waals surface area contributed by atoms with E-state index in [2.05, 4.69) is 28.7 Å². The summed E-state index contributed by atoms with van der Waals surface area (Å²) in [4.78, 5) is 0. The maximum Gasteiger partial charge on any atom is 0.147 e. The van der Waals surface area contributed by atoms with Gasteiger partial charge in [-0.15, -0.1) is 11.3 Å². The van der Waals surface area contributed by atoms with Crippen molar-refractivity contribution in [1.29, 1.82) is 5.26 Å². The molecule has 0 aliphatic carbocycles. The Kier molecular flexibility index (Phi) is 2.61. The van der Waals surface area contributed by atoms with Gasteiger partial charge in [0, 0.05) is 10.1 Å². The van der Waals surface area contributed by atoms with E-state index in [0.29, 0.717) is 12.2 Å². The number of nitriles is 1. The first-order chi connectivity index (χ1) is 6.74. The number of fused-ring (bicyclic) bond motifs is 1. The second-order valence-corrected chi connectivity index (χ2v) is 5.71. The minimum Gasteiger partial charge on any atom is -0.505 e. The molecule has 0 amide bonds. The van der Waals surface area contributed by atoms with Crippen LogP contribution in [0.4, 0.5) is 0 Å². The normalized spacial score (nSPS) is 10.3. The van der Waals surface area contributed by atoms with Gasteiger partial charge in [-0.25, -0.2) is 0 Å². The maximum absolute atomic E-state index is 9.80. The van der Waals surface area contributed by atoms with Crippen molar-refractivity contribution in [2.75, 3.05) is 0 Å². The molecule has 0 aliphatic rings. The third kappa shape index (κ3) is 1.47. The van der Waals surface area contributed by atoms with Gasteiger partial charge in [0.25, 0.3) is 0 Å². The fourth-order valence-electron chi connectivity index (χ4n) is 1.41. The molecule has 70 valence electrons. The van der Waals surface area contributed by atoms with E-state index in [-0.39, 0.29) is 0 Å². The molecule has 1 heterocycles. The average Bonchev–Trinajstić information content (AvgIpc) is 2.45. The van der Waals surface area contributed by atoms with Crippen molar-refractivity contribution in [2.45, 2.75) is 6.42 Å².